The van der Waals surface area contributed by atoms with Crippen LogP contribution in [0.5, 0.6) is 11.5 Å². The first-order valence-corrected chi connectivity index (χ1v) is 9.82. The lowest BCUT2D eigenvalue weighted by atomic mass is 10.1. The zero-order chi connectivity index (χ0) is 21.0. The first kappa shape index (κ1) is 20.9. The molecule has 6 heteroatoms. The minimum atomic E-state index is -0.0516. The molecule has 0 spiro atoms. The highest BCUT2D eigenvalue weighted by molar-refractivity contribution is 5.47. The summed E-state index contributed by atoms with van der Waals surface area (Å²) < 4.78 is 12.4. The number of aryl methyl sites for hydroxylation is 1. The summed E-state index contributed by atoms with van der Waals surface area (Å²) in [6, 6.07) is 11.4. The Hall–Kier alpha value is -2.86. The van der Waals surface area contributed by atoms with Crippen LogP contribution in [-0.4, -0.2) is 35.0 Å². The van der Waals surface area contributed by atoms with Crippen LogP contribution in [0.25, 0.3) is 5.65 Å². The van der Waals surface area contributed by atoms with Crippen molar-refractivity contribution in [2.75, 3.05) is 20.8 Å². The molecule has 3 rings (SSSR count). The standard InChI is InChI=1S/C23H29N3O3/c1-16(2)13-25(14-18-8-9-20(28-4)21(11-18)29-5)15-19-12-22(27)26-10-6-7-17(3)23(26)24-19/h6-12,16H,13-15H2,1-5H3. The van der Waals surface area contributed by atoms with Gasteiger partial charge in [-0.25, -0.2) is 4.98 Å². The number of rotatable bonds is 8. The number of benzene rings is 1. The van der Waals surface area contributed by atoms with E-state index < -0.39 is 0 Å². The molecule has 29 heavy (non-hydrogen) atoms. The van der Waals surface area contributed by atoms with Gasteiger partial charge in [-0.2, -0.15) is 0 Å². The van der Waals surface area contributed by atoms with Gasteiger partial charge in [0.2, 0.25) is 0 Å². The van der Waals surface area contributed by atoms with Gasteiger partial charge in [0, 0.05) is 31.9 Å². The minimum Gasteiger partial charge on any atom is -0.493 e. The molecule has 0 aliphatic carbocycles. The molecule has 0 aliphatic heterocycles. The second kappa shape index (κ2) is 9.09. The summed E-state index contributed by atoms with van der Waals surface area (Å²) in [5.41, 5.74) is 3.55. The van der Waals surface area contributed by atoms with Gasteiger partial charge in [-0.3, -0.25) is 14.1 Å². The third-order valence-electron chi connectivity index (χ3n) is 4.80. The molecule has 6 nitrogen and oxygen atoms in total. The molecule has 0 radical (unpaired) electrons. The number of nitrogens with zero attached hydrogens (tertiary/aromatic N) is 3. The second-order valence-corrected chi connectivity index (χ2v) is 7.72. The van der Waals surface area contributed by atoms with Gasteiger partial charge in [0.1, 0.15) is 5.65 Å². The maximum absolute atomic E-state index is 12.5. The quantitative estimate of drug-likeness (QED) is 0.582. The van der Waals surface area contributed by atoms with Crippen LogP contribution in [-0.2, 0) is 13.1 Å². The zero-order valence-electron chi connectivity index (χ0n) is 17.8. The maximum atomic E-state index is 12.5. The van der Waals surface area contributed by atoms with Gasteiger partial charge in [0.05, 0.1) is 19.9 Å². The van der Waals surface area contributed by atoms with E-state index in [0.29, 0.717) is 29.6 Å². The van der Waals surface area contributed by atoms with Crippen molar-refractivity contribution in [1.82, 2.24) is 14.3 Å². The fourth-order valence-electron chi connectivity index (χ4n) is 3.56. The van der Waals surface area contributed by atoms with Crippen LogP contribution in [0.4, 0.5) is 0 Å². The summed E-state index contributed by atoms with van der Waals surface area (Å²) >= 11 is 0. The molecule has 0 bridgehead atoms. The highest BCUT2D eigenvalue weighted by Gasteiger charge is 2.14. The smallest absolute Gasteiger partial charge is 0.258 e. The molecule has 0 saturated carbocycles. The van der Waals surface area contributed by atoms with Crippen molar-refractivity contribution in [2.24, 2.45) is 5.92 Å². The summed E-state index contributed by atoms with van der Waals surface area (Å²) in [7, 11) is 3.27. The highest BCUT2D eigenvalue weighted by atomic mass is 16.5. The second-order valence-electron chi connectivity index (χ2n) is 7.72. The molecule has 154 valence electrons. The van der Waals surface area contributed by atoms with Gasteiger partial charge in [0.25, 0.3) is 5.56 Å². The third-order valence-corrected chi connectivity index (χ3v) is 4.80. The molecule has 1 aromatic carbocycles. The SMILES string of the molecule is COc1ccc(CN(Cc2cc(=O)n3cccc(C)c3n2)CC(C)C)cc1OC. The van der Waals surface area contributed by atoms with Crippen molar-refractivity contribution in [2.45, 2.75) is 33.9 Å². The van der Waals surface area contributed by atoms with Crippen molar-refractivity contribution in [1.29, 1.82) is 0 Å². The van der Waals surface area contributed by atoms with Gasteiger partial charge < -0.3 is 9.47 Å². The summed E-state index contributed by atoms with van der Waals surface area (Å²) in [6.45, 7) is 8.58. The fourth-order valence-corrected chi connectivity index (χ4v) is 3.56. The van der Waals surface area contributed by atoms with Crippen LogP contribution in [0, 0.1) is 12.8 Å². The fraction of sp³-hybridized carbons (Fsp3) is 0.391. The number of ether oxygens (including phenoxy) is 2. The summed E-state index contributed by atoms with van der Waals surface area (Å²) in [5, 5.41) is 0. The average Bonchev–Trinajstić information content (AvgIpc) is 2.68. The maximum Gasteiger partial charge on any atom is 0.258 e. The first-order chi connectivity index (χ1) is 13.9. The largest absolute Gasteiger partial charge is 0.493 e. The summed E-state index contributed by atoms with van der Waals surface area (Å²) in [4.78, 5) is 19.6. The van der Waals surface area contributed by atoms with Gasteiger partial charge in [-0.1, -0.05) is 26.0 Å². The molecular weight excluding hydrogens is 366 g/mol. The Balaban J connectivity index is 1.89. The predicted octanol–water partition coefficient (Wildman–Crippen LogP) is 3.68. The van der Waals surface area contributed by atoms with Crippen molar-refractivity contribution >= 4 is 5.65 Å². The van der Waals surface area contributed by atoms with Crippen LogP contribution in [0.1, 0.15) is 30.7 Å². The molecule has 0 amide bonds. The van der Waals surface area contributed by atoms with Crippen LogP contribution >= 0.6 is 0 Å². The molecule has 0 fully saturated rings. The van der Waals surface area contributed by atoms with Crippen molar-refractivity contribution in [3.05, 3.63) is 69.8 Å². The molecule has 0 N–H and O–H groups in total. The van der Waals surface area contributed by atoms with Gasteiger partial charge in [-0.15, -0.1) is 0 Å². The Kier molecular flexibility index (Phi) is 6.54. The summed E-state index contributed by atoms with van der Waals surface area (Å²) in [6.07, 6.45) is 1.76. The lowest BCUT2D eigenvalue weighted by molar-refractivity contribution is 0.224. The first-order valence-electron chi connectivity index (χ1n) is 9.82. The monoisotopic (exact) mass is 395 g/mol. The van der Waals surface area contributed by atoms with E-state index in [1.807, 2.05) is 37.3 Å². The van der Waals surface area contributed by atoms with Gasteiger partial charge in [0.15, 0.2) is 11.5 Å². The third kappa shape index (κ3) is 4.95. The Labute approximate surface area is 171 Å². The van der Waals surface area contributed by atoms with Crippen LogP contribution in [0.15, 0.2) is 47.4 Å². The van der Waals surface area contributed by atoms with Gasteiger partial charge >= 0.3 is 0 Å². The Bertz CT molecular complexity index is 1040. The number of fused-ring (bicyclic) bond motifs is 1. The number of hydrogen-bond acceptors (Lipinski definition) is 5. The number of pyridine rings is 1. The van der Waals surface area contributed by atoms with Crippen molar-refractivity contribution in [3.63, 3.8) is 0 Å². The Morgan fingerprint density at radius 2 is 1.83 bits per heavy atom. The van der Waals surface area contributed by atoms with Gasteiger partial charge in [-0.05, 0) is 42.2 Å². The molecule has 0 unspecified atom stereocenters. The molecule has 3 aromatic rings. The Morgan fingerprint density at radius 3 is 2.52 bits per heavy atom. The lowest BCUT2D eigenvalue weighted by Crippen LogP contribution is -2.28. The summed E-state index contributed by atoms with van der Waals surface area (Å²) in [5.74, 6) is 1.91. The highest BCUT2D eigenvalue weighted by Crippen LogP contribution is 2.28. The van der Waals surface area contributed by atoms with E-state index in [4.69, 9.17) is 14.5 Å². The average molecular weight is 396 g/mol. The van der Waals surface area contributed by atoms with E-state index in [1.54, 1.807) is 30.9 Å². The molecule has 2 aromatic heterocycles. The topological polar surface area (TPSA) is 56.1 Å². The molecule has 0 atom stereocenters. The van der Waals surface area contributed by atoms with Crippen LogP contribution < -0.4 is 15.0 Å². The van der Waals surface area contributed by atoms with Crippen LogP contribution in [0.2, 0.25) is 0 Å². The number of methoxy groups -OCH3 is 2. The van der Waals surface area contributed by atoms with E-state index in [9.17, 15) is 4.79 Å². The minimum absolute atomic E-state index is 0.0516. The van der Waals surface area contributed by atoms with E-state index in [1.165, 1.54) is 0 Å². The molecule has 0 saturated heterocycles. The Morgan fingerprint density at radius 1 is 1.07 bits per heavy atom. The molecular formula is C23H29N3O3. The van der Waals surface area contributed by atoms with Crippen molar-refractivity contribution < 1.29 is 9.47 Å². The zero-order valence-corrected chi connectivity index (χ0v) is 17.8. The van der Waals surface area contributed by atoms with Crippen LogP contribution in [0.3, 0.4) is 0 Å². The normalized spacial score (nSPS) is 11.4. The van der Waals surface area contributed by atoms with Crippen molar-refractivity contribution in [3.8, 4) is 11.5 Å². The predicted molar refractivity (Wildman–Crippen MR) is 115 cm³/mol. The molecule has 0 aliphatic rings. The lowest BCUT2D eigenvalue weighted by Gasteiger charge is -2.24. The van der Waals surface area contributed by atoms with E-state index in [-0.39, 0.29) is 5.56 Å². The van der Waals surface area contributed by atoms with E-state index >= 15 is 0 Å². The van der Waals surface area contributed by atoms with E-state index in [0.717, 1.165) is 29.9 Å². The van der Waals surface area contributed by atoms with E-state index in [2.05, 4.69) is 18.7 Å². The number of hydrogen-bond donors (Lipinski definition) is 0. The molecule has 2 heterocycles. The number of aromatic nitrogens is 2.